The molecule has 0 aromatic rings. The van der Waals surface area contributed by atoms with Gasteiger partial charge in [0.25, 0.3) is 0 Å². The molecule has 0 amide bonds. The molecule has 0 saturated carbocycles. The second-order valence-electron chi connectivity index (χ2n) is 4.87. The van der Waals surface area contributed by atoms with Crippen LogP contribution in [0.25, 0.3) is 0 Å². The Balaban J connectivity index is 2.42. The second kappa shape index (κ2) is 7.27. The predicted molar refractivity (Wildman–Crippen MR) is 71.2 cm³/mol. The molecule has 1 atom stereocenters. The van der Waals surface area contributed by atoms with E-state index in [0.717, 1.165) is 19.3 Å². The van der Waals surface area contributed by atoms with Gasteiger partial charge in [-0.3, -0.25) is 9.59 Å². The van der Waals surface area contributed by atoms with E-state index >= 15 is 0 Å². The number of unbranched alkanes of at least 4 members (excludes halogenated alkanes) is 4. The molecule has 0 radical (unpaired) electrons. The quantitative estimate of drug-likeness (QED) is 0.558. The average molecular weight is 250 g/mol. The molecule has 0 aromatic carbocycles. The van der Waals surface area contributed by atoms with Crippen molar-refractivity contribution in [1.29, 1.82) is 0 Å². The number of carbonyl (C=O) groups is 2. The summed E-state index contributed by atoms with van der Waals surface area (Å²) in [6.45, 7) is 3.77. The van der Waals surface area contributed by atoms with Crippen molar-refractivity contribution in [1.82, 2.24) is 0 Å². The highest BCUT2D eigenvalue weighted by Crippen LogP contribution is 2.18. The maximum atomic E-state index is 11.7. The summed E-state index contributed by atoms with van der Waals surface area (Å²) in [7, 11) is 0. The van der Waals surface area contributed by atoms with E-state index in [2.05, 4.69) is 6.92 Å². The third-order valence-electron chi connectivity index (χ3n) is 3.25. The Kier molecular flexibility index (Phi) is 5.99. The predicted octanol–water partition coefficient (Wildman–Crippen LogP) is 2.73. The van der Waals surface area contributed by atoms with Gasteiger partial charge in [-0.05, 0) is 25.5 Å². The van der Waals surface area contributed by atoms with Crippen molar-refractivity contribution >= 4 is 11.6 Å². The molecule has 1 aliphatic rings. The zero-order valence-corrected chi connectivity index (χ0v) is 11.2. The lowest BCUT2D eigenvalue weighted by Crippen LogP contribution is -2.22. The van der Waals surface area contributed by atoms with E-state index < -0.39 is 6.10 Å². The molecule has 0 fully saturated rings. The highest BCUT2D eigenvalue weighted by Gasteiger charge is 2.22. The lowest BCUT2D eigenvalue weighted by Gasteiger charge is -2.15. The lowest BCUT2D eigenvalue weighted by atomic mass is 9.92. The van der Waals surface area contributed by atoms with Gasteiger partial charge in [0.15, 0.2) is 11.6 Å². The standard InChI is InChI=1S/C15H22O3/c1-3-4-5-6-7-8-13(16)12-10-14(17)11(2)9-15(12)18/h9-10,13,16H,3-8H2,1-2H3. The van der Waals surface area contributed by atoms with E-state index in [4.69, 9.17) is 0 Å². The van der Waals surface area contributed by atoms with Crippen LogP contribution in [-0.2, 0) is 9.59 Å². The van der Waals surface area contributed by atoms with E-state index in [1.54, 1.807) is 6.92 Å². The van der Waals surface area contributed by atoms with Crippen molar-refractivity contribution in [3.8, 4) is 0 Å². The Bertz CT molecular complexity index is 377. The molecule has 1 aliphatic carbocycles. The van der Waals surface area contributed by atoms with E-state index in [9.17, 15) is 14.7 Å². The molecule has 0 saturated heterocycles. The molecule has 0 spiro atoms. The van der Waals surface area contributed by atoms with E-state index in [1.165, 1.54) is 25.0 Å². The van der Waals surface area contributed by atoms with Crippen LogP contribution >= 0.6 is 0 Å². The molecule has 0 heterocycles. The maximum absolute atomic E-state index is 11.7. The Morgan fingerprint density at radius 2 is 1.72 bits per heavy atom. The van der Waals surface area contributed by atoms with Crippen LogP contribution < -0.4 is 0 Å². The number of hydrogen-bond acceptors (Lipinski definition) is 3. The molecule has 3 heteroatoms. The summed E-state index contributed by atoms with van der Waals surface area (Å²) in [5.41, 5.74) is 0.694. The minimum atomic E-state index is -0.799. The molecule has 0 aromatic heterocycles. The number of aliphatic hydroxyl groups excluding tert-OH is 1. The first-order valence-corrected chi connectivity index (χ1v) is 6.73. The van der Waals surface area contributed by atoms with Crippen LogP contribution in [0, 0.1) is 0 Å². The summed E-state index contributed by atoms with van der Waals surface area (Å²) in [4.78, 5) is 23.1. The van der Waals surface area contributed by atoms with Gasteiger partial charge in [-0.25, -0.2) is 0 Å². The molecular weight excluding hydrogens is 228 g/mol. The van der Waals surface area contributed by atoms with Crippen molar-refractivity contribution < 1.29 is 14.7 Å². The highest BCUT2D eigenvalue weighted by molar-refractivity contribution is 6.20. The monoisotopic (exact) mass is 250 g/mol. The van der Waals surface area contributed by atoms with Gasteiger partial charge in [-0.2, -0.15) is 0 Å². The van der Waals surface area contributed by atoms with Gasteiger partial charge in [0, 0.05) is 11.1 Å². The van der Waals surface area contributed by atoms with Crippen molar-refractivity contribution in [2.24, 2.45) is 0 Å². The summed E-state index contributed by atoms with van der Waals surface area (Å²) in [6, 6.07) is 0. The molecule has 1 unspecified atom stereocenters. The van der Waals surface area contributed by atoms with Crippen molar-refractivity contribution in [3.05, 3.63) is 23.3 Å². The normalized spacial score (nSPS) is 17.5. The van der Waals surface area contributed by atoms with Crippen LogP contribution in [0.4, 0.5) is 0 Å². The van der Waals surface area contributed by atoms with Crippen molar-refractivity contribution in [2.45, 2.75) is 58.5 Å². The first-order valence-electron chi connectivity index (χ1n) is 6.73. The zero-order chi connectivity index (χ0) is 13.5. The summed E-state index contributed by atoms with van der Waals surface area (Å²) in [5.74, 6) is -0.400. The van der Waals surface area contributed by atoms with Gasteiger partial charge in [-0.15, -0.1) is 0 Å². The SMILES string of the molecule is CCCCCCCC(O)C1=CC(=O)C(C)=CC1=O. The molecule has 18 heavy (non-hydrogen) atoms. The van der Waals surface area contributed by atoms with Crippen LogP contribution in [0.5, 0.6) is 0 Å². The molecule has 1 N–H and O–H groups in total. The number of rotatable bonds is 7. The fourth-order valence-corrected chi connectivity index (χ4v) is 2.03. The Labute approximate surface area is 109 Å². The van der Waals surface area contributed by atoms with Gasteiger partial charge < -0.3 is 5.11 Å². The third-order valence-corrected chi connectivity index (χ3v) is 3.25. The molecule has 1 rings (SSSR count). The average Bonchev–Trinajstić information content (AvgIpc) is 2.33. The van der Waals surface area contributed by atoms with E-state index in [1.807, 2.05) is 0 Å². The fourth-order valence-electron chi connectivity index (χ4n) is 2.03. The van der Waals surface area contributed by atoms with Crippen LogP contribution in [0.1, 0.15) is 52.4 Å². The summed E-state index contributed by atoms with van der Waals surface area (Å²) < 4.78 is 0. The first kappa shape index (κ1) is 14.8. The number of carbonyl (C=O) groups excluding carboxylic acids is 2. The second-order valence-corrected chi connectivity index (χ2v) is 4.87. The number of hydrogen-bond donors (Lipinski definition) is 1. The minimum absolute atomic E-state index is 0.172. The molecule has 0 bridgehead atoms. The van der Waals surface area contributed by atoms with E-state index in [0.29, 0.717) is 12.0 Å². The summed E-state index contributed by atoms with van der Waals surface area (Å²) in [6.07, 6.45) is 7.87. The van der Waals surface area contributed by atoms with Crippen LogP contribution in [0.2, 0.25) is 0 Å². The topological polar surface area (TPSA) is 54.4 Å². The van der Waals surface area contributed by atoms with Crippen molar-refractivity contribution in [2.75, 3.05) is 0 Å². The highest BCUT2D eigenvalue weighted by atomic mass is 16.3. The minimum Gasteiger partial charge on any atom is -0.388 e. The van der Waals surface area contributed by atoms with Gasteiger partial charge >= 0.3 is 0 Å². The summed E-state index contributed by atoms with van der Waals surface area (Å²) >= 11 is 0. The van der Waals surface area contributed by atoms with Gasteiger partial charge in [-0.1, -0.05) is 39.0 Å². The van der Waals surface area contributed by atoms with Gasteiger partial charge in [0.05, 0.1) is 6.10 Å². The van der Waals surface area contributed by atoms with Crippen LogP contribution in [0.3, 0.4) is 0 Å². The fraction of sp³-hybridized carbons (Fsp3) is 0.600. The Hall–Kier alpha value is -1.22. The van der Waals surface area contributed by atoms with E-state index in [-0.39, 0.29) is 17.1 Å². The molecule has 3 nitrogen and oxygen atoms in total. The molecule has 100 valence electrons. The number of ketones is 2. The Morgan fingerprint density at radius 3 is 2.39 bits per heavy atom. The van der Waals surface area contributed by atoms with Crippen molar-refractivity contribution in [3.63, 3.8) is 0 Å². The first-order chi connectivity index (χ1) is 8.56. The number of aliphatic hydroxyl groups is 1. The summed E-state index contributed by atoms with van der Waals surface area (Å²) in [5, 5.41) is 9.93. The van der Waals surface area contributed by atoms with Crippen LogP contribution in [-0.4, -0.2) is 22.8 Å². The molecular formula is C15H22O3. The lowest BCUT2D eigenvalue weighted by molar-refractivity contribution is -0.115. The number of allylic oxidation sites excluding steroid dienone is 3. The smallest absolute Gasteiger partial charge is 0.184 e. The Morgan fingerprint density at radius 1 is 1.06 bits per heavy atom. The third kappa shape index (κ3) is 4.22. The zero-order valence-electron chi connectivity index (χ0n) is 11.2. The van der Waals surface area contributed by atoms with Crippen LogP contribution in [0.15, 0.2) is 23.3 Å². The largest absolute Gasteiger partial charge is 0.388 e. The van der Waals surface area contributed by atoms with Gasteiger partial charge in [0.2, 0.25) is 0 Å². The molecule has 0 aliphatic heterocycles. The maximum Gasteiger partial charge on any atom is 0.184 e. The van der Waals surface area contributed by atoms with Gasteiger partial charge in [0.1, 0.15) is 0 Å².